The number of anilines is 2. The molecule has 1 saturated carbocycles. The topological polar surface area (TPSA) is 72.4 Å². The van der Waals surface area contributed by atoms with Crippen LogP contribution in [0.4, 0.5) is 17.1 Å². The van der Waals surface area contributed by atoms with Crippen LogP contribution in [0.25, 0.3) is 0 Å². The Morgan fingerprint density at radius 3 is 2.69 bits per heavy atom. The first kappa shape index (κ1) is 10.7. The third-order valence-corrected chi connectivity index (χ3v) is 3.23. The maximum Gasteiger partial charge on any atom is 0.315 e. The molecule has 86 valence electrons. The van der Waals surface area contributed by atoms with Crippen LogP contribution in [0, 0.1) is 10.1 Å². The number of benzene rings is 1. The third kappa shape index (κ3) is 1.68. The number of hydrogen-bond donors (Lipinski definition) is 1. The van der Waals surface area contributed by atoms with Crippen LogP contribution in [-0.4, -0.2) is 18.0 Å². The van der Waals surface area contributed by atoms with Gasteiger partial charge in [-0.25, -0.2) is 0 Å². The summed E-state index contributed by atoms with van der Waals surface area (Å²) < 4.78 is 0. The Balaban J connectivity index is 2.38. The molecular formula is C11H15N3O2. The van der Waals surface area contributed by atoms with Crippen LogP contribution in [0.15, 0.2) is 18.2 Å². The number of nitrogen functional groups attached to an aromatic ring is 1. The minimum atomic E-state index is -0.403. The molecule has 0 saturated heterocycles. The van der Waals surface area contributed by atoms with Crippen molar-refractivity contribution in [3.63, 3.8) is 0 Å². The summed E-state index contributed by atoms with van der Waals surface area (Å²) in [4.78, 5) is 12.5. The molecule has 0 bridgehead atoms. The minimum Gasteiger partial charge on any atom is -0.393 e. The Hall–Kier alpha value is -1.78. The Labute approximate surface area is 94.0 Å². The highest BCUT2D eigenvalue weighted by molar-refractivity contribution is 5.75. The van der Waals surface area contributed by atoms with E-state index in [1.807, 2.05) is 11.9 Å². The van der Waals surface area contributed by atoms with Crippen LogP contribution in [0.5, 0.6) is 0 Å². The molecule has 2 rings (SSSR count). The summed E-state index contributed by atoms with van der Waals surface area (Å²) in [5, 5.41) is 11.0. The van der Waals surface area contributed by atoms with Gasteiger partial charge in [-0.1, -0.05) is 6.07 Å². The zero-order valence-corrected chi connectivity index (χ0v) is 9.22. The highest BCUT2D eigenvalue weighted by atomic mass is 16.6. The summed E-state index contributed by atoms with van der Waals surface area (Å²) in [6, 6.07) is 5.50. The Morgan fingerprint density at radius 1 is 1.50 bits per heavy atom. The number of nitrogens with zero attached hydrogens (tertiary/aromatic N) is 2. The maximum atomic E-state index is 11.0. The van der Waals surface area contributed by atoms with Gasteiger partial charge in [0, 0.05) is 13.1 Å². The Bertz CT molecular complexity index is 416. The van der Waals surface area contributed by atoms with Gasteiger partial charge in [-0.15, -0.1) is 0 Å². The van der Waals surface area contributed by atoms with Crippen LogP contribution >= 0.6 is 0 Å². The lowest BCUT2D eigenvalue weighted by molar-refractivity contribution is -0.383. The summed E-state index contributed by atoms with van der Waals surface area (Å²) in [6.07, 6.45) is 3.40. The molecule has 1 aliphatic carbocycles. The summed E-state index contributed by atoms with van der Waals surface area (Å²) in [7, 11) is 1.89. The molecule has 2 N–H and O–H groups in total. The summed E-state index contributed by atoms with van der Waals surface area (Å²) in [5.74, 6) is 0. The molecule has 5 nitrogen and oxygen atoms in total. The van der Waals surface area contributed by atoms with Crippen molar-refractivity contribution in [1.82, 2.24) is 0 Å². The lowest BCUT2D eigenvalue weighted by atomic mass is 9.91. The smallest absolute Gasteiger partial charge is 0.315 e. The lowest BCUT2D eigenvalue weighted by Gasteiger charge is -2.36. The fraction of sp³-hybridized carbons (Fsp3) is 0.455. The second-order valence-electron chi connectivity index (χ2n) is 4.17. The van der Waals surface area contributed by atoms with Gasteiger partial charge in [0.25, 0.3) is 0 Å². The number of nitro benzene ring substituents is 1. The standard InChI is InChI=1S/C11H15N3O2/c1-13(8-4-2-5-8)10-7-3-6-9(12)11(10)14(15)16/h3,6-8H,2,4-5,12H2,1H3. The molecule has 0 atom stereocenters. The van der Waals surface area contributed by atoms with Crippen molar-refractivity contribution in [1.29, 1.82) is 0 Å². The molecule has 1 aromatic carbocycles. The van der Waals surface area contributed by atoms with Crippen molar-refractivity contribution in [3.8, 4) is 0 Å². The molecule has 16 heavy (non-hydrogen) atoms. The van der Waals surface area contributed by atoms with E-state index in [4.69, 9.17) is 5.73 Å². The van der Waals surface area contributed by atoms with E-state index in [9.17, 15) is 10.1 Å². The SMILES string of the molecule is CN(c1cccc(N)c1[N+](=O)[O-])C1CCC1. The summed E-state index contributed by atoms with van der Waals surface area (Å²) in [6.45, 7) is 0. The average molecular weight is 221 g/mol. The molecule has 0 aliphatic heterocycles. The van der Waals surface area contributed by atoms with E-state index in [0.717, 1.165) is 12.8 Å². The van der Waals surface area contributed by atoms with Gasteiger partial charge in [0.15, 0.2) is 0 Å². The van der Waals surface area contributed by atoms with Gasteiger partial charge >= 0.3 is 5.69 Å². The van der Waals surface area contributed by atoms with Crippen molar-refractivity contribution in [2.24, 2.45) is 0 Å². The van der Waals surface area contributed by atoms with Gasteiger partial charge in [0.1, 0.15) is 11.4 Å². The Kier molecular flexibility index (Phi) is 2.68. The van der Waals surface area contributed by atoms with Gasteiger partial charge < -0.3 is 10.6 Å². The van der Waals surface area contributed by atoms with Crippen molar-refractivity contribution >= 4 is 17.1 Å². The monoisotopic (exact) mass is 221 g/mol. The number of rotatable bonds is 3. The Morgan fingerprint density at radius 2 is 2.19 bits per heavy atom. The highest BCUT2D eigenvalue weighted by Crippen LogP contribution is 2.37. The zero-order valence-electron chi connectivity index (χ0n) is 9.22. The first-order valence-corrected chi connectivity index (χ1v) is 5.37. The summed E-state index contributed by atoms with van der Waals surface area (Å²) in [5.41, 5.74) is 6.53. The zero-order chi connectivity index (χ0) is 11.7. The normalized spacial score (nSPS) is 15.6. The van der Waals surface area contributed by atoms with Gasteiger partial charge in [-0.05, 0) is 31.4 Å². The van der Waals surface area contributed by atoms with Gasteiger partial charge in [0.2, 0.25) is 0 Å². The second kappa shape index (κ2) is 4.00. The molecule has 0 unspecified atom stereocenters. The molecule has 0 aromatic heterocycles. The third-order valence-electron chi connectivity index (χ3n) is 3.23. The first-order chi connectivity index (χ1) is 7.61. The predicted octanol–water partition coefficient (Wildman–Crippen LogP) is 2.17. The molecule has 5 heteroatoms. The van der Waals surface area contributed by atoms with Crippen molar-refractivity contribution in [2.45, 2.75) is 25.3 Å². The van der Waals surface area contributed by atoms with E-state index in [1.54, 1.807) is 18.2 Å². The van der Waals surface area contributed by atoms with E-state index in [2.05, 4.69) is 0 Å². The molecule has 0 spiro atoms. The molecule has 1 aromatic rings. The fourth-order valence-corrected chi connectivity index (χ4v) is 2.00. The first-order valence-electron chi connectivity index (χ1n) is 5.37. The van der Waals surface area contributed by atoms with Crippen molar-refractivity contribution in [3.05, 3.63) is 28.3 Å². The summed E-state index contributed by atoms with van der Waals surface area (Å²) >= 11 is 0. The van der Waals surface area contributed by atoms with Crippen LogP contribution in [0.3, 0.4) is 0 Å². The number of hydrogen-bond acceptors (Lipinski definition) is 4. The fourth-order valence-electron chi connectivity index (χ4n) is 2.00. The maximum absolute atomic E-state index is 11.0. The van der Waals surface area contributed by atoms with Crippen LogP contribution in [0.2, 0.25) is 0 Å². The molecular weight excluding hydrogens is 206 g/mol. The molecule has 0 amide bonds. The molecule has 0 radical (unpaired) electrons. The second-order valence-corrected chi connectivity index (χ2v) is 4.17. The molecule has 1 fully saturated rings. The van der Waals surface area contributed by atoms with Crippen LogP contribution < -0.4 is 10.6 Å². The average Bonchev–Trinajstić information content (AvgIpc) is 2.13. The molecule has 0 heterocycles. The number of para-hydroxylation sites is 1. The van der Waals surface area contributed by atoms with E-state index in [0.29, 0.717) is 11.7 Å². The minimum absolute atomic E-state index is 0.0249. The quantitative estimate of drug-likeness (QED) is 0.482. The highest BCUT2D eigenvalue weighted by Gasteiger charge is 2.28. The van der Waals surface area contributed by atoms with E-state index in [1.165, 1.54) is 6.42 Å². The molecule has 1 aliphatic rings. The number of nitro groups is 1. The lowest BCUT2D eigenvalue weighted by Crippen LogP contribution is -2.37. The largest absolute Gasteiger partial charge is 0.393 e. The van der Waals surface area contributed by atoms with Gasteiger partial charge in [-0.2, -0.15) is 0 Å². The van der Waals surface area contributed by atoms with Crippen LogP contribution in [0.1, 0.15) is 19.3 Å². The van der Waals surface area contributed by atoms with E-state index >= 15 is 0 Å². The van der Waals surface area contributed by atoms with E-state index in [-0.39, 0.29) is 11.4 Å². The predicted molar refractivity (Wildman–Crippen MR) is 63.6 cm³/mol. The van der Waals surface area contributed by atoms with Gasteiger partial charge in [0.05, 0.1) is 4.92 Å². The number of nitrogens with two attached hydrogens (primary N) is 1. The van der Waals surface area contributed by atoms with Crippen LogP contribution in [-0.2, 0) is 0 Å². The van der Waals surface area contributed by atoms with Crippen molar-refractivity contribution in [2.75, 3.05) is 17.7 Å². The van der Waals surface area contributed by atoms with E-state index < -0.39 is 4.92 Å². The van der Waals surface area contributed by atoms with Gasteiger partial charge in [-0.3, -0.25) is 10.1 Å². The van der Waals surface area contributed by atoms with Crippen molar-refractivity contribution < 1.29 is 4.92 Å².